The van der Waals surface area contributed by atoms with Gasteiger partial charge in [0, 0.05) is 13.1 Å². The summed E-state index contributed by atoms with van der Waals surface area (Å²) in [5.41, 5.74) is 0. The second-order valence-electron chi connectivity index (χ2n) is 5.96. The van der Waals surface area contributed by atoms with Crippen LogP contribution in [-0.2, 0) is 0 Å². The van der Waals surface area contributed by atoms with Gasteiger partial charge in [-0.15, -0.1) is 0 Å². The Balaban J connectivity index is 2.23. The van der Waals surface area contributed by atoms with Gasteiger partial charge in [-0.3, -0.25) is 0 Å². The number of hydrogen-bond donors (Lipinski definition) is 1. The van der Waals surface area contributed by atoms with Gasteiger partial charge in [0.2, 0.25) is 0 Å². The molecule has 1 aliphatic heterocycles. The van der Waals surface area contributed by atoms with Crippen LogP contribution in [0.5, 0.6) is 0 Å². The molecule has 102 valence electrons. The lowest BCUT2D eigenvalue weighted by Gasteiger charge is -2.35. The summed E-state index contributed by atoms with van der Waals surface area (Å²) < 4.78 is 0. The lowest BCUT2D eigenvalue weighted by atomic mass is 9.95. The van der Waals surface area contributed by atoms with E-state index in [2.05, 4.69) is 37.7 Å². The van der Waals surface area contributed by atoms with Crippen LogP contribution in [0.1, 0.15) is 33.1 Å². The van der Waals surface area contributed by atoms with Gasteiger partial charge in [0.25, 0.3) is 0 Å². The molecule has 17 heavy (non-hydrogen) atoms. The van der Waals surface area contributed by atoms with E-state index in [1.54, 1.807) is 0 Å². The highest BCUT2D eigenvalue weighted by Crippen LogP contribution is 2.19. The first-order valence-electron chi connectivity index (χ1n) is 7.08. The third-order valence-corrected chi connectivity index (χ3v) is 4.08. The summed E-state index contributed by atoms with van der Waals surface area (Å²) in [5, 5.41) is 10.0. The van der Waals surface area contributed by atoms with Crippen LogP contribution in [-0.4, -0.2) is 61.3 Å². The molecule has 0 aromatic heterocycles. The molecule has 2 atom stereocenters. The zero-order valence-corrected chi connectivity index (χ0v) is 12.0. The maximum atomic E-state index is 10.0. The Hall–Kier alpha value is -0.120. The fourth-order valence-electron chi connectivity index (χ4n) is 2.58. The first-order valence-corrected chi connectivity index (χ1v) is 7.08. The van der Waals surface area contributed by atoms with Gasteiger partial charge in [0.15, 0.2) is 0 Å². The van der Waals surface area contributed by atoms with Gasteiger partial charge in [-0.1, -0.05) is 20.3 Å². The first kappa shape index (κ1) is 14.9. The summed E-state index contributed by atoms with van der Waals surface area (Å²) in [4.78, 5) is 4.72. The van der Waals surface area contributed by atoms with Crippen LogP contribution >= 0.6 is 0 Å². The van der Waals surface area contributed by atoms with Crippen LogP contribution in [0.4, 0.5) is 0 Å². The van der Waals surface area contributed by atoms with E-state index in [4.69, 9.17) is 0 Å². The number of aliphatic hydroxyl groups excluding tert-OH is 1. The van der Waals surface area contributed by atoms with Crippen molar-refractivity contribution in [2.75, 3.05) is 40.3 Å². The van der Waals surface area contributed by atoms with Gasteiger partial charge in [0.1, 0.15) is 0 Å². The van der Waals surface area contributed by atoms with Crippen molar-refractivity contribution >= 4 is 0 Å². The van der Waals surface area contributed by atoms with Gasteiger partial charge < -0.3 is 14.9 Å². The highest BCUT2D eigenvalue weighted by molar-refractivity contribution is 4.76. The van der Waals surface area contributed by atoms with Crippen molar-refractivity contribution in [3.63, 3.8) is 0 Å². The molecular formula is C14H30N2O. The molecule has 0 bridgehead atoms. The summed E-state index contributed by atoms with van der Waals surface area (Å²) in [7, 11) is 4.30. The number of aliphatic hydroxyl groups is 1. The van der Waals surface area contributed by atoms with E-state index in [9.17, 15) is 5.11 Å². The van der Waals surface area contributed by atoms with E-state index in [0.29, 0.717) is 5.92 Å². The topological polar surface area (TPSA) is 26.7 Å². The van der Waals surface area contributed by atoms with E-state index in [0.717, 1.165) is 32.0 Å². The van der Waals surface area contributed by atoms with Crippen molar-refractivity contribution < 1.29 is 5.11 Å². The molecular weight excluding hydrogens is 212 g/mol. The number of nitrogens with zero attached hydrogens (tertiary/aromatic N) is 2. The molecule has 0 spiro atoms. The van der Waals surface area contributed by atoms with E-state index < -0.39 is 0 Å². The summed E-state index contributed by atoms with van der Waals surface area (Å²) in [6.07, 6.45) is 3.49. The van der Waals surface area contributed by atoms with Crippen molar-refractivity contribution in [3.05, 3.63) is 0 Å². The number of β-amino-alcohol motifs (C(OH)–C–C–N with tert-alkyl or cyclic N) is 1. The molecule has 0 aromatic carbocycles. The number of piperidine rings is 1. The van der Waals surface area contributed by atoms with Gasteiger partial charge >= 0.3 is 0 Å². The maximum Gasteiger partial charge on any atom is 0.0692 e. The monoisotopic (exact) mass is 242 g/mol. The highest BCUT2D eigenvalue weighted by atomic mass is 16.3. The van der Waals surface area contributed by atoms with Crippen molar-refractivity contribution in [1.29, 1.82) is 0 Å². The van der Waals surface area contributed by atoms with Crippen molar-refractivity contribution in [1.82, 2.24) is 9.80 Å². The van der Waals surface area contributed by atoms with Crippen LogP contribution in [0.2, 0.25) is 0 Å². The predicted octanol–water partition coefficient (Wildman–Crippen LogP) is 1.67. The standard InChI is InChI=1S/C14H30N2O/c1-5-12(2)14(17)11-16-8-6-13(7-9-16)10-15(3)4/h12-14,17H,5-11H2,1-4H3. The quantitative estimate of drug-likeness (QED) is 0.767. The fourth-order valence-corrected chi connectivity index (χ4v) is 2.58. The SMILES string of the molecule is CCC(C)C(O)CN1CCC(CN(C)C)CC1. The van der Waals surface area contributed by atoms with Crippen LogP contribution in [0.15, 0.2) is 0 Å². The Bertz CT molecular complexity index is 200. The first-order chi connectivity index (χ1) is 8.02. The molecule has 0 radical (unpaired) electrons. The zero-order chi connectivity index (χ0) is 12.8. The van der Waals surface area contributed by atoms with Crippen LogP contribution < -0.4 is 0 Å². The van der Waals surface area contributed by atoms with E-state index >= 15 is 0 Å². The summed E-state index contributed by atoms with van der Waals surface area (Å²) in [6, 6.07) is 0. The van der Waals surface area contributed by atoms with E-state index in [-0.39, 0.29) is 6.10 Å². The molecule has 1 rings (SSSR count). The molecule has 3 nitrogen and oxygen atoms in total. The second-order valence-corrected chi connectivity index (χ2v) is 5.96. The minimum atomic E-state index is -0.148. The minimum absolute atomic E-state index is 0.148. The lowest BCUT2D eigenvalue weighted by molar-refractivity contribution is 0.0516. The number of rotatable bonds is 6. The van der Waals surface area contributed by atoms with Crippen LogP contribution in [0.3, 0.4) is 0 Å². The number of hydrogen-bond acceptors (Lipinski definition) is 3. The minimum Gasteiger partial charge on any atom is -0.392 e. The normalized spacial score (nSPS) is 22.9. The summed E-state index contributed by atoms with van der Waals surface area (Å²) >= 11 is 0. The predicted molar refractivity (Wildman–Crippen MR) is 73.2 cm³/mol. The van der Waals surface area contributed by atoms with Crippen molar-refractivity contribution in [3.8, 4) is 0 Å². The fraction of sp³-hybridized carbons (Fsp3) is 1.00. The molecule has 0 amide bonds. The summed E-state index contributed by atoms with van der Waals surface area (Å²) in [5.74, 6) is 1.27. The van der Waals surface area contributed by atoms with Gasteiger partial charge in [-0.05, 0) is 51.9 Å². The Labute approximate surface area is 107 Å². The summed E-state index contributed by atoms with van der Waals surface area (Å²) in [6.45, 7) is 8.68. The van der Waals surface area contributed by atoms with Gasteiger partial charge in [-0.25, -0.2) is 0 Å². The molecule has 0 saturated carbocycles. The molecule has 1 fully saturated rings. The molecule has 1 aliphatic rings. The molecule has 0 aliphatic carbocycles. The third kappa shape index (κ3) is 5.36. The lowest BCUT2D eigenvalue weighted by Crippen LogP contribution is -2.42. The number of likely N-dealkylation sites (tertiary alicyclic amines) is 1. The molecule has 1 N–H and O–H groups in total. The van der Waals surface area contributed by atoms with Crippen molar-refractivity contribution in [2.24, 2.45) is 11.8 Å². The largest absolute Gasteiger partial charge is 0.392 e. The highest BCUT2D eigenvalue weighted by Gasteiger charge is 2.22. The van der Waals surface area contributed by atoms with Crippen LogP contribution in [0, 0.1) is 11.8 Å². The second kappa shape index (κ2) is 7.34. The zero-order valence-electron chi connectivity index (χ0n) is 12.0. The average Bonchev–Trinajstić information content (AvgIpc) is 2.30. The maximum absolute atomic E-state index is 10.0. The molecule has 1 heterocycles. The molecule has 1 saturated heterocycles. The van der Waals surface area contributed by atoms with E-state index in [1.165, 1.54) is 19.4 Å². The Morgan fingerprint density at radius 3 is 2.35 bits per heavy atom. The Kier molecular flexibility index (Phi) is 6.45. The van der Waals surface area contributed by atoms with E-state index in [1.807, 2.05) is 0 Å². The molecule has 0 aromatic rings. The Morgan fingerprint density at radius 1 is 1.29 bits per heavy atom. The van der Waals surface area contributed by atoms with Gasteiger partial charge in [-0.2, -0.15) is 0 Å². The third-order valence-electron chi connectivity index (χ3n) is 4.08. The molecule has 3 heteroatoms. The van der Waals surface area contributed by atoms with Crippen molar-refractivity contribution in [2.45, 2.75) is 39.2 Å². The smallest absolute Gasteiger partial charge is 0.0692 e. The molecule has 2 unspecified atom stereocenters. The van der Waals surface area contributed by atoms with Gasteiger partial charge in [0.05, 0.1) is 6.10 Å². The van der Waals surface area contributed by atoms with Crippen LogP contribution in [0.25, 0.3) is 0 Å². The Morgan fingerprint density at radius 2 is 1.88 bits per heavy atom. The average molecular weight is 242 g/mol.